The number of hydrogen-bond donors (Lipinski definition) is 0. The first kappa shape index (κ1) is 11.3. The second-order valence-electron chi connectivity index (χ2n) is 3.28. The van der Waals surface area contributed by atoms with Crippen LogP contribution in [0.15, 0.2) is 29.3 Å². The van der Waals surface area contributed by atoms with E-state index in [2.05, 4.69) is 9.72 Å². The number of halogens is 1. The number of nitrogens with zero attached hydrogens (tertiary/aromatic N) is 2. The van der Waals surface area contributed by atoms with Gasteiger partial charge in [0.05, 0.1) is 18.2 Å². The van der Waals surface area contributed by atoms with Gasteiger partial charge in [-0.2, -0.15) is 4.79 Å². The summed E-state index contributed by atoms with van der Waals surface area (Å²) in [6.45, 7) is 1.73. The quantitative estimate of drug-likeness (QED) is 0.737. The molecule has 0 saturated carbocycles. The Morgan fingerprint density at radius 1 is 1.59 bits per heavy atom. The second kappa shape index (κ2) is 4.32. The lowest BCUT2D eigenvalue weighted by Crippen LogP contribution is -2.19. The first-order chi connectivity index (χ1) is 8.15. The molecule has 0 bridgehead atoms. The average molecular weight is 236 g/mol. The summed E-state index contributed by atoms with van der Waals surface area (Å²) < 4.78 is 18.2. The van der Waals surface area contributed by atoms with Crippen molar-refractivity contribution in [3.8, 4) is 0 Å². The number of carbonyl (C=O) groups is 1. The van der Waals surface area contributed by atoms with E-state index in [0.29, 0.717) is 0 Å². The van der Waals surface area contributed by atoms with Crippen LogP contribution >= 0.6 is 0 Å². The Bertz CT molecular complexity index is 636. The number of hydrogen-bond acceptors (Lipinski definition) is 4. The van der Waals surface area contributed by atoms with Crippen molar-refractivity contribution in [2.75, 3.05) is 6.61 Å². The van der Waals surface area contributed by atoms with Gasteiger partial charge in [-0.1, -0.05) is 4.48 Å². The van der Waals surface area contributed by atoms with E-state index in [1.54, 1.807) is 6.92 Å². The smallest absolute Gasteiger partial charge is 0.343 e. The summed E-state index contributed by atoms with van der Waals surface area (Å²) in [5.41, 5.74) is -1.04. The van der Waals surface area contributed by atoms with Gasteiger partial charge in [-0.25, -0.2) is 9.78 Å². The molecule has 0 unspecified atom stereocenters. The topological polar surface area (TPSA) is 61.2 Å². The fourth-order valence-electron chi connectivity index (χ4n) is 1.48. The van der Waals surface area contributed by atoms with Gasteiger partial charge in [-0.15, -0.1) is 0 Å². The largest absolute Gasteiger partial charge is 0.462 e. The van der Waals surface area contributed by atoms with Crippen molar-refractivity contribution in [3.63, 3.8) is 0 Å². The van der Waals surface area contributed by atoms with Crippen LogP contribution in [-0.4, -0.2) is 22.3 Å². The molecule has 17 heavy (non-hydrogen) atoms. The van der Waals surface area contributed by atoms with E-state index < -0.39 is 11.4 Å². The Balaban J connectivity index is 2.71. The maximum Gasteiger partial charge on any atom is 0.343 e. The number of carbonyl (C=O) groups excluding carboxylic acids is 1. The molecule has 0 N–H and O–H groups in total. The van der Waals surface area contributed by atoms with Crippen LogP contribution in [-0.2, 0) is 4.74 Å². The van der Waals surface area contributed by atoms with Crippen molar-refractivity contribution in [1.82, 2.24) is 9.77 Å². The third-order valence-corrected chi connectivity index (χ3v) is 2.22. The Labute approximate surface area is 95.4 Å². The summed E-state index contributed by atoms with van der Waals surface area (Å²) in [6.07, 6.45) is 2.15. The molecule has 0 fully saturated rings. The highest BCUT2D eigenvalue weighted by atomic mass is 19.2. The Kier molecular flexibility index (Phi) is 2.86. The highest BCUT2D eigenvalue weighted by Gasteiger charge is 2.16. The number of fused-ring (bicyclic) bond motifs is 1. The zero-order valence-corrected chi connectivity index (χ0v) is 9.01. The Morgan fingerprint density at radius 2 is 2.35 bits per heavy atom. The number of esters is 1. The van der Waals surface area contributed by atoms with Crippen molar-refractivity contribution >= 4 is 17.0 Å². The third-order valence-electron chi connectivity index (χ3n) is 2.22. The second-order valence-corrected chi connectivity index (χ2v) is 3.28. The summed E-state index contributed by atoms with van der Waals surface area (Å²) >= 11 is 0. The molecule has 0 aliphatic rings. The maximum atomic E-state index is 13.5. The lowest BCUT2D eigenvalue weighted by atomic mass is 10.2. The minimum absolute atomic E-state index is 0.0422. The first-order valence-electron chi connectivity index (χ1n) is 4.98. The highest BCUT2D eigenvalue weighted by Crippen LogP contribution is 2.09. The summed E-state index contributed by atoms with van der Waals surface area (Å²) in [7, 11) is 0. The first-order valence-corrected chi connectivity index (χ1v) is 4.98. The van der Waals surface area contributed by atoms with Gasteiger partial charge in [0.2, 0.25) is 5.43 Å². The SMILES string of the molecule is CCOC(=O)c1cn(F)c2ncccc2c1=O. The van der Waals surface area contributed by atoms with Gasteiger partial charge in [0.1, 0.15) is 5.56 Å². The van der Waals surface area contributed by atoms with Gasteiger partial charge in [-0.3, -0.25) is 4.79 Å². The molecule has 2 heterocycles. The van der Waals surface area contributed by atoms with Crippen LogP contribution in [0.2, 0.25) is 0 Å². The zero-order valence-electron chi connectivity index (χ0n) is 9.01. The van der Waals surface area contributed by atoms with E-state index in [1.807, 2.05) is 0 Å². The molecule has 0 aliphatic carbocycles. The van der Waals surface area contributed by atoms with Gasteiger partial charge < -0.3 is 4.74 Å². The predicted octanol–water partition coefficient (Wildman–Crippen LogP) is 1.31. The number of pyridine rings is 2. The molecule has 0 radical (unpaired) electrons. The molecule has 0 amide bonds. The van der Waals surface area contributed by atoms with E-state index >= 15 is 0 Å². The zero-order chi connectivity index (χ0) is 12.4. The predicted molar refractivity (Wildman–Crippen MR) is 58.5 cm³/mol. The van der Waals surface area contributed by atoms with Crippen molar-refractivity contribution in [1.29, 1.82) is 0 Å². The van der Waals surface area contributed by atoms with Gasteiger partial charge in [0.15, 0.2) is 5.65 Å². The minimum Gasteiger partial charge on any atom is -0.462 e. The molecule has 0 spiro atoms. The lowest BCUT2D eigenvalue weighted by Gasteiger charge is -2.04. The van der Waals surface area contributed by atoms with Crippen LogP contribution in [0.3, 0.4) is 0 Å². The maximum absolute atomic E-state index is 13.5. The summed E-state index contributed by atoms with van der Waals surface area (Å²) in [5.74, 6) is -0.838. The Hall–Kier alpha value is -2.24. The molecule has 0 saturated heterocycles. The molecule has 0 aromatic carbocycles. The molecule has 2 aromatic rings. The molecule has 2 rings (SSSR count). The summed E-state index contributed by atoms with van der Waals surface area (Å²) in [6, 6.07) is 2.90. The van der Waals surface area contributed by atoms with Crippen molar-refractivity contribution in [2.45, 2.75) is 6.92 Å². The molecule has 0 atom stereocenters. The van der Waals surface area contributed by atoms with Crippen LogP contribution in [0, 0.1) is 0 Å². The van der Waals surface area contributed by atoms with E-state index in [9.17, 15) is 14.1 Å². The normalized spacial score (nSPS) is 10.5. The average Bonchev–Trinajstić information content (AvgIpc) is 2.34. The molecule has 2 aromatic heterocycles. The van der Waals surface area contributed by atoms with Crippen LogP contribution in [0.1, 0.15) is 17.3 Å². The lowest BCUT2D eigenvalue weighted by molar-refractivity contribution is 0.0523. The van der Waals surface area contributed by atoms with E-state index in [1.165, 1.54) is 18.3 Å². The van der Waals surface area contributed by atoms with E-state index in [0.717, 1.165) is 6.20 Å². The van der Waals surface area contributed by atoms with Crippen LogP contribution in [0.4, 0.5) is 4.48 Å². The van der Waals surface area contributed by atoms with Crippen molar-refractivity contribution in [3.05, 3.63) is 40.3 Å². The van der Waals surface area contributed by atoms with Gasteiger partial charge in [0.25, 0.3) is 0 Å². The van der Waals surface area contributed by atoms with Gasteiger partial charge >= 0.3 is 5.97 Å². The van der Waals surface area contributed by atoms with E-state index in [-0.39, 0.29) is 28.0 Å². The fraction of sp³-hybridized carbons (Fsp3) is 0.182. The number of rotatable bonds is 2. The minimum atomic E-state index is -0.838. The van der Waals surface area contributed by atoms with E-state index in [4.69, 9.17) is 0 Å². The fourth-order valence-corrected chi connectivity index (χ4v) is 1.48. The molecule has 5 nitrogen and oxygen atoms in total. The van der Waals surface area contributed by atoms with Gasteiger partial charge in [0, 0.05) is 6.20 Å². The Morgan fingerprint density at radius 3 is 3.06 bits per heavy atom. The number of aromatic nitrogens is 2. The number of ether oxygens (including phenoxy) is 1. The monoisotopic (exact) mass is 236 g/mol. The van der Waals surface area contributed by atoms with Crippen molar-refractivity contribution in [2.24, 2.45) is 0 Å². The summed E-state index contributed by atoms with van der Waals surface area (Å²) in [4.78, 5) is 27.2. The molecular weight excluding hydrogens is 227 g/mol. The van der Waals surface area contributed by atoms with Crippen molar-refractivity contribution < 1.29 is 14.0 Å². The molecular formula is C11H9FN2O3. The van der Waals surface area contributed by atoms with Crippen LogP contribution < -0.4 is 5.43 Å². The molecule has 0 aliphatic heterocycles. The van der Waals surface area contributed by atoms with Crippen LogP contribution in [0.5, 0.6) is 0 Å². The molecule has 88 valence electrons. The standard InChI is InChI=1S/C11H9FN2O3/c1-2-17-11(16)8-6-14(12)10-7(9(8)15)4-3-5-13-10/h3-6H,2H2,1H3. The van der Waals surface area contributed by atoms with Crippen LogP contribution in [0.25, 0.3) is 11.0 Å². The summed E-state index contributed by atoms with van der Waals surface area (Å²) in [5, 5.41) is 0.0422. The third kappa shape index (κ3) is 1.89. The molecule has 6 heteroatoms. The van der Waals surface area contributed by atoms with Gasteiger partial charge in [-0.05, 0) is 19.1 Å². The highest BCUT2D eigenvalue weighted by molar-refractivity contribution is 5.92.